The SMILES string of the molecule is CCCCCCc1cc2c3c(c(=O)oc2cc1OC(=O)[C@H](Cc1ccccc1)NC(=O)OCc1ccccc1)CCC3. The summed E-state index contributed by atoms with van der Waals surface area (Å²) >= 11 is 0. The number of fused-ring (bicyclic) bond motifs is 3. The summed E-state index contributed by atoms with van der Waals surface area (Å²) < 4.78 is 17.1. The predicted octanol–water partition coefficient (Wildman–Crippen LogP) is 6.85. The molecular formula is C35H37NO6. The van der Waals surface area contributed by atoms with Gasteiger partial charge in [-0.05, 0) is 60.4 Å². The summed E-state index contributed by atoms with van der Waals surface area (Å²) in [4.78, 5) is 39.1. The number of rotatable bonds is 12. The largest absolute Gasteiger partial charge is 0.445 e. The molecule has 42 heavy (non-hydrogen) atoms. The van der Waals surface area contributed by atoms with Crippen LogP contribution in [0.3, 0.4) is 0 Å². The Morgan fingerprint density at radius 1 is 0.905 bits per heavy atom. The molecule has 5 rings (SSSR count). The summed E-state index contributed by atoms with van der Waals surface area (Å²) in [7, 11) is 0. The average Bonchev–Trinajstić information content (AvgIpc) is 3.51. The van der Waals surface area contributed by atoms with Crippen LogP contribution in [0.15, 0.2) is 82.0 Å². The van der Waals surface area contributed by atoms with Crippen LogP contribution in [0.2, 0.25) is 0 Å². The number of unbranched alkanes of at least 4 members (excludes halogenated alkanes) is 3. The number of benzene rings is 3. The summed E-state index contributed by atoms with van der Waals surface area (Å²) in [5.41, 5.74) is 4.47. The molecule has 0 saturated carbocycles. The molecule has 7 nitrogen and oxygen atoms in total. The molecule has 0 saturated heterocycles. The van der Waals surface area contributed by atoms with Crippen molar-refractivity contribution in [2.24, 2.45) is 0 Å². The highest BCUT2D eigenvalue weighted by molar-refractivity contribution is 5.87. The maximum atomic E-state index is 13.7. The van der Waals surface area contributed by atoms with E-state index in [4.69, 9.17) is 13.9 Å². The van der Waals surface area contributed by atoms with Gasteiger partial charge in [0, 0.05) is 23.4 Å². The molecule has 0 spiro atoms. The van der Waals surface area contributed by atoms with Crippen molar-refractivity contribution >= 4 is 23.0 Å². The zero-order valence-corrected chi connectivity index (χ0v) is 24.0. The first-order chi connectivity index (χ1) is 20.5. The first-order valence-electron chi connectivity index (χ1n) is 14.9. The van der Waals surface area contributed by atoms with Crippen molar-refractivity contribution in [3.05, 3.63) is 111 Å². The maximum Gasteiger partial charge on any atom is 0.408 e. The molecule has 0 fully saturated rings. The molecule has 1 atom stereocenters. The molecule has 1 aliphatic carbocycles. The fraction of sp³-hybridized carbons (Fsp3) is 0.343. The molecule has 7 heteroatoms. The van der Waals surface area contributed by atoms with Crippen LogP contribution in [-0.4, -0.2) is 18.1 Å². The van der Waals surface area contributed by atoms with Crippen LogP contribution < -0.4 is 15.7 Å². The number of esters is 1. The van der Waals surface area contributed by atoms with Gasteiger partial charge in [-0.2, -0.15) is 0 Å². The van der Waals surface area contributed by atoms with Gasteiger partial charge in [-0.25, -0.2) is 14.4 Å². The molecule has 1 heterocycles. The topological polar surface area (TPSA) is 94.8 Å². The fourth-order valence-electron chi connectivity index (χ4n) is 5.52. The molecule has 1 N–H and O–H groups in total. The van der Waals surface area contributed by atoms with E-state index in [1.54, 1.807) is 6.07 Å². The lowest BCUT2D eigenvalue weighted by molar-refractivity contribution is -0.136. The summed E-state index contributed by atoms with van der Waals surface area (Å²) in [5, 5.41) is 3.62. The number of amides is 1. The average molecular weight is 568 g/mol. The zero-order chi connectivity index (χ0) is 29.3. The minimum Gasteiger partial charge on any atom is -0.445 e. The molecule has 218 valence electrons. The van der Waals surface area contributed by atoms with E-state index >= 15 is 0 Å². The number of ether oxygens (including phenoxy) is 2. The van der Waals surface area contributed by atoms with Gasteiger partial charge < -0.3 is 19.2 Å². The van der Waals surface area contributed by atoms with E-state index in [1.807, 2.05) is 66.7 Å². The van der Waals surface area contributed by atoms with Gasteiger partial charge >= 0.3 is 17.7 Å². The standard InChI is InChI=1S/C35H37NO6/c1-2-3-4-11-17-26-21-29-27-18-12-19-28(27)33(37)42-32(29)22-31(26)41-34(38)30(20-24-13-7-5-8-14-24)36-35(39)40-23-25-15-9-6-10-16-25/h5-10,13-16,21-22,30H,2-4,11-12,17-20,23H2,1H3,(H,36,39)/t30-/m0/s1. The Hall–Kier alpha value is -4.39. The second-order valence-electron chi connectivity index (χ2n) is 10.8. The van der Waals surface area contributed by atoms with Crippen molar-refractivity contribution in [1.29, 1.82) is 0 Å². The lowest BCUT2D eigenvalue weighted by Crippen LogP contribution is -2.44. The lowest BCUT2D eigenvalue weighted by atomic mass is 9.99. The Bertz CT molecular complexity index is 1580. The Balaban J connectivity index is 1.40. The number of alkyl carbamates (subject to hydrolysis) is 1. The Kier molecular flexibility index (Phi) is 9.70. The van der Waals surface area contributed by atoms with Crippen LogP contribution in [0.5, 0.6) is 5.75 Å². The molecule has 0 radical (unpaired) electrons. The van der Waals surface area contributed by atoms with Gasteiger partial charge in [-0.1, -0.05) is 86.8 Å². The van der Waals surface area contributed by atoms with Crippen LogP contribution in [0, 0.1) is 0 Å². The number of carbonyl (C=O) groups is 2. The zero-order valence-electron chi connectivity index (χ0n) is 24.0. The number of hydrogen-bond acceptors (Lipinski definition) is 6. The molecule has 1 aliphatic rings. The van der Waals surface area contributed by atoms with Crippen molar-refractivity contribution in [1.82, 2.24) is 5.32 Å². The van der Waals surface area contributed by atoms with Gasteiger partial charge in [0.25, 0.3) is 0 Å². The van der Waals surface area contributed by atoms with Crippen LogP contribution >= 0.6 is 0 Å². The quantitative estimate of drug-likeness (QED) is 0.0871. The number of aryl methyl sites for hydroxylation is 2. The predicted molar refractivity (Wildman–Crippen MR) is 162 cm³/mol. The van der Waals surface area contributed by atoms with E-state index in [-0.39, 0.29) is 18.7 Å². The Morgan fingerprint density at radius 3 is 2.36 bits per heavy atom. The maximum absolute atomic E-state index is 13.7. The van der Waals surface area contributed by atoms with E-state index < -0.39 is 18.1 Å². The van der Waals surface area contributed by atoms with Crippen molar-refractivity contribution in [2.75, 3.05) is 0 Å². The minimum absolute atomic E-state index is 0.0791. The summed E-state index contributed by atoms with van der Waals surface area (Å²) in [6, 6.07) is 21.5. The monoisotopic (exact) mass is 567 g/mol. The second-order valence-corrected chi connectivity index (χ2v) is 10.8. The summed E-state index contributed by atoms with van der Waals surface area (Å²) in [6.07, 6.45) is 6.97. The fourth-order valence-corrected chi connectivity index (χ4v) is 5.52. The van der Waals surface area contributed by atoms with Crippen molar-refractivity contribution < 1.29 is 23.5 Å². The number of carbonyl (C=O) groups excluding carboxylic acids is 2. The smallest absolute Gasteiger partial charge is 0.408 e. The summed E-state index contributed by atoms with van der Waals surface area (Å²) in [6.45, 7) is 2.25. The van der Waals surface area contributed by atoms with E-state index in [9.17, 15) is 14.4 Å². The molecule has 0 bridgehead atoms. The van der Waals surface area contributed by atoms with E-state index in [0.717, 1.165) is 84.6 Å². The minimum atomic E-state index is -0.994. The normalized spacial score (nSPS) is 13.0. The van der Waals surface area contributed by atoms with Gasteiger partial charge in [0.15, 0.2) is 0 Å². The first kappa shape index (κ1) is 29.1. The molecule has 0 unspecified atom stereocenters. The second kappa shape index (κ2) is 14.0. The molecular weight excluding hydrogens is 530 g/mol. The van der Waals surface area contributed by atoms with Crippen molar-refractivity contribution in [2.45, 2.75) is 77.4 Å². The Labute approximate surface area is 245 Å². The van der Waals surface area contributed by atoms with Gasteiger partial charge in [0.2, 0.25) is 0 Å². The molecule has 0 aliphatic heterocycles. The highest BCUT2D eigenvalue weighted by Crippen LogP contribution is 2.33. The molecule has 1 amide bonds. The van der Waals surface area contributed by atoms with Crippen LogP contribution in [0.1, 0.15) is 66.8 Å². The van der Waals surface area contributed by atoms with Gasteiger partial charge in [-0.3, -0.25) is 0 Å². The highest BCUT2D eigenvalue weighted by atomic mass is 16.6. The van der Waals surface area contributed by atoms with Crippen molar-refractivity contribution in [3.63, 3.8) is 0 Å². The van der Waals surface area contributed by atoms with Gasteiger partial charge in [-0.15, -0.1) is 0 Å². The molecule has 1 aromatic heterocycles. The van der Waals surface area contributed by atoms with Crippen LogP contribution in [0.4, 0.5) is 4.79 Å². The highest BCUT2D eigenvalue weighted by Gasteiger charge is 2.27. The van der Waals surface area contributed by atoms with E-state index in [0.29, 0.717) is 11.3 Å². The van der Waals surface area contributed by atoms with E-state index in [1.165, 1.54) is 0 Å². The van der Waals surface area contributed by atoms with Crippen LogP contribution in [-0.2, 0) is 41.8 Å². The van der Waals surface area contributed by atoms with Gasteiger partial charge in [0.1, 0.15) is 24.0 Å². The number of nitrogens with one attached hydrogen (secondary N) is 1. The third kappa shape index (κ3) is 7.27. The Morgan fingerprint density at radius 2 is 1.62 bits per heavy atom. The van der Waals surface area contributed by atoms with Gasteiger partial charge in [0.05, 0.1) is 0 Å². The van der Waals surface area contributed by atoms with Crippen molar-refractivity contribution in [3.8, 4) is 5.75 Å². The molecule has 4 aromatic rings. The third-order valence-electron chi connectivity index (χ3n) is 7.74. The van der Waals surface area contributed by atoms with E-state index in [2.05, 4.69) is 12.2 Å². The number of hydrogen-bond donors (Lipinski definition) is 1. The first-order valence-corrected chi connectivity index (χ1v) is 14.9. The third-order valence-corrected chi connectivity index (χ3v) is 7.74. The molecule has 3 aromatic carbocycles. The van der Waals surface area contributed by atoms with Crippen LogP contribution in [0.25, 0.3) is 11.0 Å². The summed E-state index contributed by atoms with van der Waals surface area (Å²) in [5.74, 6) is -0.268. The lowest BCUT2D eigenvalue weighted by Gasteiger charge is -2.19.